The molecule has 2 aromatic carbocycles. The van der Waals surface area contributed by atoms with Crippen molar-refractivity contribution in [2.24, 2.45) is 5.92 Å². The number of sulfonamides is 2. The molecule has 2 aromatic rings. The molecule has 37 heavy (non-hydrogen) atoms. The first-order valence-corrected chi connectivity index (χ1v) is 14.6. The number of halogens is 1. The van der Waals surface area contributed by atoms with Crippen molar-refractivity contribution in [3.8, 4) is 0 Å². The third-order valence-corrected chi connectivity index (χ3v) is 8.40. The van der Waals surface area contributed by atoms with Crippen molar-refractivity contribution in [1.29, 1.82) is 0 Å². The second kappa shape index (κ2) is 14.2. The van der Waals surface area contributed by atoms with Gasteiger partial charge >= 0.3 is 5.97 Å². The summed E-state index contributed by atoms with van der Waals surface area (Å²) in [7, 11) is -3.91. The van der Waals surface area contributed by atoms with Crippen molar-refractivity contribution >= 4 is 47.6 Å². The van der Waals surface area contributed by atoms with Crippen LogP contribution in [0.25, 0.3) is 0 Å². The Bertz CT molecular complexity index is 1200. The summed E-state index contributed by atoms with van der Waals surface area (Å²) >= 11 is 3.22. The number of ether oxygens (including phenoxy) is 1. The van der Waals surface area contributed by atoms with E-state index in [4.69, 9.17) is 4.74 Å². The Morgan fingerprint density at radius 2 is 1.30 bits per heavy atom. The van der Waals surface area contributed by atoms with Gasteiger partial charge in [-0.25, -0.2) is 26.3 Å². The molecule has 2 N–H and O–H groups in total. The number of carbonyl (C=O) groups is 1. The Hall–Kier alpha value is -1.99. The molecule has 0 radical (unpaired) electrons. The largest absolute Gasteiger partial charge is 0.460 e. The number of hydrogen-bond donors (Lipinski definition) is 2. The van der Waals surface area contributed by atoms with E-state index in [1.165, 1.54) is 26.2 Å². The van der Waals surface area contributed by atoms with Gasteiger partial charge in [-0.05, 0) is 83.4 Å². The second-order valence-corrected chi connectivity index (χ2v) is 13.6. The Morgan fingerprint density at radius 1 is 0.892 bits per heavy atom. The summed E-state index contributed by atoms with van der Waals surface area (Å²) in [5.74, 6) is 0.114. The summed E-state index contributed by atoms with van der Waals surface area (Å²) < 4.78 is 56.4. The first kappa shape index (κ1) is 35.0. The van der Waals surface area contributed by atoms with Gasteiger partial charge in [-0.15, -0.1) is 0 Å². The second-order valence-electron chi connectivity index (χ2n) is 8.92. The summed E-state index contributed by atoms with van der Waals surface area (Å²) in [6.07, 6.45) is 0.417. The van der Waals surface area contributed by atoms with Crippen molar-refractivity contribution < 1.29 is 26.4 Å². The van der Waals surface area contributed by atoms with Crippen molar-refractivity contribution in [1.82, 2.24) is 9.44 Å². The van der Waals surface area contributed by atoms with Gasteiger partial charge in [0.05, 0.1) is 16.2 Å². The first-order chi connectivity index (χ1) is 16.2. The number of nitrogens with one attached hydrogen (secondary N) is 2. The molecule has 1 saturated heterocycles. The maximum Gasteiger partial charge on any atom is 0.306 e. The molecule has 210 valence electrons. The summed E-state index contributed by atoms with van der Waals surface area (Å²) in [5, 5.41) is 0. The van der Waals surface area contributed by atoms with Crippen LogP contribution in [-0.4, -0.2) is 55.6 Å². The summed E-state index contributed by atoms with van der Waals surface area (Å²) in [6, 6.07) is 13.2. The molecule has 12 heteroatoms. The lowest BCUT2D eigenvalue weighted by atomic mass is 9.95. The van der Waals surface area contributed by atoms with Crippen LogP contribution in [0.2, 0.25) is 0 Å². The van der Waals surface area contributed by atoms with Gasteiger partial charge in [-0.2, -0.15) is 0 Å². The normalized spacial score (nSPS) is 13.7. The molecule has 1 fully saturated rings. The average Bonchev–Trinajstić information content (AvgIpc) is 2.75. The van der Waals surface area contributed by atoms with Crippen LogP contribution in [0.15, 0.2) is 62.8 Å². The number of carbonyl (C=O) groups excluding carboxylic acids is 1. The molecule has 1 aliphatic heterocycles. The standard InChI is InChI=1S/C16H24N2O4S.C7H8BrNO2S.2CH4/c1-16(2,3)22-15(19)9-12-10-18(11-12)13-5-7-14(8-6-13)23(20,21)17-4;1-9-12(10,11)7-4-2-6(8)3-5-7;;/h5-8,12,17H,9-11H2,1-4H3;2-5,9H,1H3;2*1H4. The Labute approximate surface area is 231 Å². The molecule has 0 amide bonds. The lowest BCUT2D eigenvalue weighted by Crippen LogP contribution is -2.48. The summed E-state index contributed by atoms with van der Waals surface area (Å²) in [5.41, 5.74) is 0.510. The monoisotopic (exact) mass is 621 g/mol. The van der Waals surface area contributed by atoms with Crippen LogP contribution in [0.5, 0.6) is 0 Å². The number of nitrogens with zero attached hydrogens (tertiary/aromatic N) is 1. The van der Waals surface area contributed by atoms with Crippen LogP contribution in [0.4, 0.5) is 5.69 Å². The van der Waals surface area contributed by atoms with E-state index in [9.17, 15) is 21.6 Å². The van der Waals surface area contributed by atoms with Crippen LogP contribution < -0.4 is 14.3 Å². The van der Waals surface area contributed by atoms with Gasteiger partial charge < -0.3 is 9.64 Å². The van der Waals surface area contributed by atoms with Crippen LogP contribution in [-0.2, 0) is 29.6 Å². The first-order valence-electron chi connectivity index (χ1n) is 10.9. The zero-order valence-corrected chi connectivity index (χ0v) is 23.6. The maximum absolute atomic E-state index is 11.8. The predicted molar refractivity (Wildman–Crippen MR) is 153 cm³/mol. The Morgan fingerprint density at radius 3 is 1.68 bits per heavy atom. The van der Waals surface area contributed by atoms with Gasteiger partial charge in [0.15, 0.2) is 0 Å². The SMILES string of the molecule is C.C.CNS(=O)(=O)c1ccc(Br)cc1.CNS(=O)(=O)c1ccc(N2CC(CC(=O)OC(C)(C)C)C2)cc1. The maximum atomic E-state index is 11.8. The third kappa shape index (κ3) is 10.7. The van der Waals surface area contributed by atoms with Gasteiger partial charge in [0.1, 0.15) is 5.60 Å². The van der Waals surface area contributed by atoms with Gasteiger partial charge in [0.2, 0.25) is 20.0 Å². The summed E-state index contributed by atoms with van der Waals surface area (Å²) in [6.45, 7) is 7.13. The van der Waals surface area contributed by atoms with Gasteiger partial charge in [-0.1, -0.05) is 30.8 Å². The minimum absolute atomic E-state index is 0. The highest BCUT2D eigenvalue weighted by Gasteiger charge is 2.30. The number of anilines is 1. The molecule has 0 spiro atoms. The van der Waals surface area contributed by atoms with E-state index in [1.807, 2.05) is 20.8 Å². The Balaban J connectivity index is 0.000000790. The van der Waals surface area contributed by atoms with Crippen molar-refractivity contribution in [3.63, 3.8) is 0 Å². The van der Waals surface area contributed by atoms with E-state index in [0.29, 0.717) is 6.42 Å². The third-order valence-electron chi connectivity index (χ3n) is 5.01. The lowest BCUT2D eigenvalue weighted by molar-refractivity contribution is -0.156. The summed E-state index contributed by atoms with van der Waals surface area (Å²) in [4.78, 5) is 14.4. The fraction of sp³-hybridized carbons (Fsp3) is 0.480. The molecular formula is C25H40BrN3O6S2. The molecule has 1 heterocycles. The quantitative estimate of drug-likeness (QED) is 0.440. The fourth-order valence-corrected chi connectivity index (χ4v) is 4.94. The van der Waals surface area contributed by atoms with Crippen LogP contribution in [0.1, 0.15) is 42.0 Å². The topological polar surface area (TPSA) is 122 Å². The van der Waals surface area contributed by atoms with Crippen LogP contribution in [0.3, 0.4) is 0 Å². The van der Waals surface area contributed by atoms with Crippen molar-refractivity contribution in [3.05, 3.63) is 53.0 Å². The average molecular weight is 623 g/mol. The van der Waals surface area contributed by atoms with Gasteiger partial charge in [-0.3, -0.25) is 4.79 Å². The lowest BCUT2D eigenvalue weighted by Gasteiger charge is -2.41. The molecule has 1 aliphatic rings. The van der Waals surface area contributed by atoms with E-state index >= 15 is 0 Å². The van der Waals surface area contributed by atoms with E-state index in [2.05, 4.69) is 30.3 Å². The zero-order chi connectivity index (χ0) is 26.4. The molecule has 3 rings (SSSR count). The molecule has 0 aromatic heterocycles. The number of hydrogen-bond acceptors (Lipinski definition) is 7. The highest BCUT2D eigenvalue weighted by Crippen LogP contribution is 2.28. The van der Waals surface area contributed by atoms with E-state index < -0.39 is 25.6 Å². The predicted octanol–water partition coefficient (Wildman–Crippen LogP) is 4.39. The highest BCUT2D eigenvalue weighted by molar-refractivity contribution is 9.10. The van der Waals surface area contributed by atoms with Crippen molar-refractivity contribution in [2.45, 2.75) is 57.4 Å². The molecule has 0 saturated carbocycles. The van der Waals surface area contributed by atoms with Crippen LogP contribution >= 0.6 is 15.9 Å². The van der Waals surface area contributed by atoms with E-state index in [-0.39, 0.29) is 36.5 Å². The molecule has 9 nitrogen and oxygen atoms in total. The number of esters is 1. The fourth-order valence-electron chi connectivity index (χ4n) is 3.21. The van der Waals surface area contributed by atoms with Gasteiger partial charge in [0, 0.05) is 29.2 Å². The molecule has 0 unspecified atom stereocenters. The van der Waals surface area contributed by atoms with Gasteiger partial charge in [0.25, 0.3) is 0 Å². The molecular weight excluding hydrogens is 582 g/mol. The minimum Gasteiger partial charge on any atom is -0.460 e. The molecule has 0 atom stereocenters. The molecule has 0 aliphatic carbocycles. The van der Waals surface area contributed by atoms with E-state index in [0.717, 1.165) is 23.2 Å². The zero-order valence-electron chi connectivity index (χ0n) is 20.4. The number of benzene rings is 2. The van der Waals surface area contributed by atoms with Crippen LogP contribution in [0, 0.1) is 5.92 Å². The minimum atomic E-state index is -3.40. The molecule has 0 bridgehead atoms. The number of rotatable bonds is 7. The Kier molecular flexibility index (Phi) is 13.5. The van der Waals surface area contributed by atoms with Crippen molar-refractivity contribution in [2.75, 3.05) is 32.1 Å². The smallest absolute Gasteiger partial charge is 0.306 e. The van der Waals surface area contributed by atoms with E-state index in [1.54, 1.807) is 36.4 Å². The highest BCUT2D eigenvalue weighted by atomic mass is 79.9.